The quantitative estimate of drug-likeness (QED) is 0.810. The van der Waals surface area contributed by atoms with Gasteiger partial charge in [0.2, 0.25) is 0 Å². The molecule has 2 aromatic rings. The average molecular weight is 251 g/mol. The predicted octanol–water partition coefficient (Wildman–Crippen LogP) is 4.01. The zero-order valence-corrected chi connectivity index (χ0v) is 11.1. The molecule has 0 radical (unpaired) electrons. The molecule has 19 heavy (non-hydrogen) atoms. The molecule has 0 bridgehead atoms. The average Bonchev–Trinajstić information content (AvgIpc) is 2.41. The Morgan fingerprint density at radius 3 is 2.58 bits per heavy atom. The molecule has 0 spiro atoms. The van der Waals surface area contributed by atoms with Gasteiger partial charge in [-0.2, -0.15) is 5.26 Å². The predicted molar refractivity (Wildman–Crippen MR) is 79.4 cm³/mol. The number of nitrogen functional groups attached to an aromatic ring is 1. The molecule has 0 amide bonds. The monoisotopic (exact) mass is 251 g/mol. The molecule has 0 atom stereocenters. The van der Waals surface area contributed by atoms with Gasteiger partial charge >= 0.3 is 0 Å². The van der Waals surface area contributed by atoms with Crippen molar-refractivity contribution in [2.75, 3.05) is 11.1 Å². The second-order valence-corrected chi connectivity index (χ2v) is 4.82. The summed E-state index contributed by atoms with van der Waals surface area (Å²) in [7, 11) is 0. The van der Waals surface area contributed by atoms with E-state index in [0.29, 0.717) is 17.2 Å². The third-order valence-corrected chi connectivity index (χ3v) is 3.01. The molecule has 0 saturated carbocycles. The molecule has 3 heteroatoms. The van der Waals surface area contributed by atoms with Crippen LogP contribution < -0.4 is 11.1 Å². The third-order valence-electron chi connectivity index (χ3n) is 3.01. The molecule has 2 aromatic carbocycles. The standard InChI is InChI=1S/C16H17N3/c1-11(2)13-4-3-5-14(9-13)19-16-7-6-12(10-17)8-15(16)18/h3-9,11,19H,18H2,1-2H3. The van der Waals surface area contributed by atoms with Crippen LogP contribution in [-0.4, -0.2) is 0 Å². The van der Waals surface area contributed by atoms with E-state index in [9.17, 15) is 0 Å². The molecule has 0 aliphatic heterocycles. The van der Waals surface area contributed by atoms with Crippen LogP contribution in [0.15, 0.2) is 42.5 Å². The smallest absolute Gasteiger partial charge is 0.0992 e. The Balaban J connectivity index is 2.26. The maximum absolute atomic E-state index is 8.81. The van der Waals surface area contributed by atoms with Crippen LogP contribution in [0.4, 0.5) is 17.1 Å². The first-order valence-electron chi connectivity index (χ1n) is 6.27. The summed E-state index contributed by atoms with van der Waals surface area (Å²) >= 11 is 0. The summed E-state index contributed by atoms with van der Waals surface area (Å²) in [6.07, 6.45) is 0. The summed E-state index contributed by atoms with van der Waals surface area (Å²) in [5.41, 5.74) is 10.2. The number of anilines is 3. The minimum atomic E-state index is 0.486. The summed E-state index contributed by atoms with van der Waals surface area (Å²) in [5.74, 6) is 0.486. The van der Waals surface area contributed by atoms with Gasteiger partial charge in [0.1, 0.15) is 0 Å². The van der Waals surface area contributed by atoms with E-state index in [-0.39, 0.29) is 0 Å². The lowest BCUT2D eigenvalue weighted by Crippen LogP contribution is -1.98. The van der Waals surface area contributed by atoms with E-state index >= 15 is 0 Å². The van der Waals surface area contributed by atoms with Crippen molar-refractivity contribution >= 4 is 17.1 Å². The number of nitrogens with two attached hydrogens (primary N) is 1. The molecular weight excluding hydrogens is 234 g/mol. The van der Waals surface area contributed by atoms with E-state index < -0.39 is 0 Å². The number of nitrogens with zero attached hydrogens (tertiary/aromatic N) is 1. The fourth-order valence-electron chi connectivity index (χ4n) is 1.88. The van der Waals surface area contributed by atoms with Crippen LogP contribution in [0.3, 0.4) is 0 Å². The lowest BCUT2D eigenvalue weighted by atomic mass is 10.0. The van der Waals surface area contributed by atoms with Crippen molar-refractivity contribution in [3.63, 3.8) is 0 Å². The van der Waals surface area contributed by atoms with E-state index in [2.05, 4.69) is 37.4 Å². The van der Waals surface area contributed by atoms with E-state index in [1.165, 1.54) is 5.56 Å². The normalized spacial score (nSPS) is 10.2. The highest BCUT2D eigenvalue weighted by Crippen LogP contribution is 2.26. The Kier molecular flexibility index (Phi) is 3.72. The van der Waals surface area contributed by atoms with Gasteiger partial charge in [-0.15, -0.1) is 0 Å². The van der Waals surface area contributed by atoms with Gasteiger partial charge in [-0.3, -0.25) is 0 Å². The van der Waals surface area contributed by atoms with Gasteiger partial charge in [-0.05, 0) is 41.8 Å². The van der Waals surface area contributed by atoms with Crippen LogP contribution in [0.1, 0.15) is 30.9 Å². The molecule has 0 aliphatic carbocycles. The highest BCUT2D eigenvalue weighted by Gasteiger charge is 2.03. The lowest BCUT2D eigenvalue weighted by molar-refractivity contribution is 0.867. The topological polar surface area (TPSA) is 61.8 Å². The number of rotatable bonds is 3. The highest BCUT2D eigenvalue weighted by molar-refractivity contribution is 5.74. The molecular formula is C16H17N3. The Bertz CT molecular complexity index is 624. The molecule has 0 fully saturated rings. The minimum Gasteiger partial charge on any atom is -0.397 e. The molecule has 0 aliphatic rings. The van der Waals surface area contributed by atoms with E-state index in [1.807, 2.05) is 18.2 Å². The summed E-state index contributed by atoms with van der Waals surface area (Å²) in [6.45, 7) is 4.32. The van der Waals surface area contributed by atoms with Crippen molar-refractivity contribution in [3.8, 4) is 6.07 Å². The molecule has 0 aromatic heterocycles. The maximum atomic E-state index is 8.81. The first-order valence-corrected chi connectivity index (χ1v) is 6.27. The van der Waals surface area contributed by atoms with Gasteiger partial charge in [0.15, 0.2) is 0 Å². The minimum absolute atomic E-state index is 0.486. The third kappa shape index (κ3) is 3.05. The number of nitrogens with one attached hydrogen (secondary N) is 1. The number of benzene rings is 2. The fourth-order valence-corrected chi connectivity index (χ4v) is 1.88. The molecule has 96 valence electrons. The Labute approximate surface area is 113 Å². The molecule has 0 saturated heterocycles. The van der Waals surface area contributed by atoms with Gasteiger partial charge in [0.25, 0.3) is 0 Å². The molecule has 3 N–H and O–H groups in total. The largest absolute Gasteiger partial charge is 0.397 e. The summed E-state index contributed by atoms with van der Waals surface area (Å²) < 4.78 is 0. The zero-order chi connectivity index (χ0) is 13.8. The lowest BCUT2D eigenvalue weighted by Gasteiger charge is -2.12. The van der Waals surface area contributed by atoms with Crippen molar-refractivity contribution in [2.24, 2.45) is 0 Å². The number of hydrogen-bond acceptors (Lipinski definition) is 3. The Morgan fingerprint density at radius 2 is 1.95 bits per heavy atom. The van der Waals surface area contributed by atoms with Gasteiger partial charge in [-0.1, -0.05) is 26.0 Å². The first-order chi connectivity index (χ1) is 9.10. The molecule has 0 unspecified atom stereocenters. The van der Waals surface area contributed by atoms with Gasteiger partial charge in [0, 0.05) is 5.69 Å². The van der Waals surface area contributed by atoms with Crippen molar-refractivity contribution in [3.05, 3.63) is 53.6 Å². The number of hydrogen-bond donors (Lipinski definition) is 2. The van der Waals surface area contributed by atoms with Crippen LogP contribution in [0, 0.1) is 11.3 Å². The molecule has 3 nitrogen and oxygen atoms in total. The van der Waals surface area contributed by atoms with Gasteiger partial charge in [-0.25, -0.2) is 0 Å². The van der Waals surface area contributed by atoms with Crippen molar-refractivity contribution < 1.29 is 0 Å². The van der Waals surface area contributed by atoms with Crippen LogP contribution >= 0.6 is 0 Å². The van der Waals surface area contributed by atoms with Crippen LogP contribution in [-0.2, 0) is 0 Å². The van der Waals surface area contributed by atoms with Crippen molar-refractivity contribution in [1.82, 2.24) is 0 Å². The van der Waals surface area contributed by atoms with Crippen LogP contribution in [0.5, 0.6) is 0 Å². The highest BCUT2D eigenvalue weighted by atomic mass is 14.9. The zero-order valence-electron chi connectivity index (χ0n) is 11.1. The molecule has 2 rings (SSSR count). The molecule has 0 heterocycles. The summed E-state index contributed by atoms with van der Waals surface area (Å²) in [5, 5.41) is 12.1. The van der Waals surface area contributed by atoms with Crippen LogP contribution in [0.2, 0.25) is 0 Å². The Hall–Kier alpha value is -2.47. The summed E-state index contributed by atoms with van der Waals surface area (Å²) in [4.78, 5) is 0. The second kappa shape index (κ2) is 5.45. The fraction of sp³-hybridized carbons (Fsp3) is 0.188. The first kappa shape index (κ1) is 13.0. The van der Waals surface area contributed by atoms with Crippen LogP contribution in [0.25, 0.3) is 0 Å². The summed E-state index contributed by atoms with van der Waals surface area (Å²) in [6, 6.07) is 15.6. The SMILES string of the molecule is CC(C)c1cccc(Nc2ccc(C#N)cc2N)c1. The van der Waals surface area contributed by atoms with E-state index in [4.69, 9.17) is 11.0 Å². The van der Waals surface area contributed by atoms with Gasteiger partial charge in [0.05, 0.1) is 23.0 Å². The van der Waals surface area contributed by atoms with Crippen molar-refractivity contribution in [1.29, 1.82) is 5.26 Å². The Morgan fingerprint density at radius 1 is 1.16 bits per heavy atom. The maximum Gasteiger partial charge on any atom is 0.0992 e. The van der Waals surface area contributed by atoms with Crippen molar-refractivity contribution in [2.45, 2.75) is 19.8 Å². The van der Waals surface area contributed by atoms with Gasteiger partial charge < -0.3 is 11.1 Å². The van der Waals surface area contributed by atoms with E-state index in [0.717, 1.165) is 11.4 Å². The number of nitriles is 1. The second-order valence-electron chi connectivity index (χ2n) is 4.82. The van der Waals surface area contributed by atoms with E-state index in [1.54, 1.807) is 12.1 Å².